The molecule has 0 amide bonds. The Kier molecular flexibility index (Phi) is 6.01. The molecule has 1 atom stereocenters. The van der Waals surface area contributed by atoms with Crippen molar-refractivity contribution in [1.29, 1.82) is 0 Å². The summed E-state index contributed by atoms with van der Waals surface area (Å²) >= 11 is 0. The third-order valence-corrected chi connectivity index (χ3v) is 6.37. The van der Waals surface area contributed by atoms with Gasteiger partial charge < -0.3 is 13.6 Å². The highest BCUT2D eigenvalue weighted by atomic mass is 31.2. The summed E-state index contributed by atoms with van der Waals surface area (Å²) < 4.78 is 31.5. The lowest BCUT2D eigenvalue weighted by molar-refractivity contribution is 0.297. The summed E-state index contributed by atoms with van der Waals surface area (Å²) in [5.74, 6) is 1.34. The topological polar surface area (TPSA) is 44.8 Å². The molecule has 0 aliphatic heterocycles. The van der Waals surface area contributed by atoms with E-state index in [0.29, 0.717) is 17.2 Å². The normalized spacial score (nSPS) is 12.9. The Hall–Kier alpha value is -3.23. The van der Waals surface area contributed by atoms with E-state index < -0.39 is 7.82 Å². The van der Waals surface area contributed by atoms with Crippen LogP contribution in [0.1, 0.15) is 23.6 Å². The van der Waals surface area contributed by atoms with Gasteiger partial charge in [0, 0.05) is 0 Å². The Morgan fingerprint density at radius 2 is 1.29 bits per heavy atom. The van der Waals surface area contributed by atoms with Crippen LogP contribution in [0.15, 0.2) is 84.9 Å². The zero-order valence-electron chi connectivity index (χ0n) is 17.9. The van der Waals surface area contributed by atoms with Crippen LogP contribution < -0.4 is 13.6 Å². The molecule has 0 bridgehead atoms. The molecule has 0 heterocycles. The quantitative estimate of drug-likeness (QED) is 0.281. The highest BCUT2D eigenvalue weighted by Crippen LogP contribution is 2.51. The number of hydrogen-bond acceptors (Lipinski definition) is 4. The minimum absolute atomic E-state index is 0.415. The van der Waals surface area contributed by atoms with E-state index in [9.17, 15) is 4.57 Å². The monoisotopic (exact) mass is 432 g/mol. The summed E-state index contributed by atoms with van der Waals surface area (Å²) in [5, 5.41) is 2.04. The first-order chi connectivity index (χ1) is 15.0. The number of para-hydroxylation sites is 1. The van der Waals surface area contributed by atoms with Gasteiger partial charge in [-0.3, -0.25) is 0 Å². The molecule has 1 unspecified atom stereocenters. The first-order valence-electron chi connectivity index (χ1n) is 10.3. The first kappa shape index (κ1) is 21.0. The fourth-order valence-corrected chi connectivity index (χ4v) is 4.75. The Morgan fingerprint density at radius 3 is 1.97 bits per heavy atom. The first-order valence-corrected chi connectivity index (χ1v) is 11.7. The molecule has 0 saturated heterocycles. The summed E-state index contributed by atoms with van der Waals surface area (Å²) in [6, 6.07) is 26.6. The smallest absolute Gasteiger partial charge is 0.386 e. The zero-order valence-corrected chi connectivity index (χ0v) is 18.8. The van der Waals surface area contributed by atoms with E-state index in [1.54, 1.807) is 18.2 Å². The third kappa shape index (κ3) is 4.92. The Balaban J connectivity index is 1.70. The van der Waals surface area contributed by atoms with E-state index in [4.69, 9.17) is 13.6 Å². The molecule has 0 fully saturated rings. The number of aryl methyl sites for hydroxylation is 3. The van der Waals surface area contributed by atoms with Crippen molar-refractivity contribution in [3.63, 3.8) is 0 Å². The maximum Gasteiger partial charge on any atom is 0.647 e. The van der Waals surface area contributed by atoms with Gasteiger partial charge in [0.15, 0.2) is 0 Å². The number of benzene rings is 4. The van der Waals surface area contributed by atoms with Crippen LogP contribution >= 0.6 is 7.82 Å². The van der Waals surface area contributed by atoms with Gasteiger partial charge in [-0.15, -0.1) is 0 Å². The molecular weight excluding hydrogens is 407 g/mol. The molecule has 0 aromatic heterocycles. The minimum Gasteiger partial charge on any atom is -0.386 e. The summed E-state index contributed by atoms with van der Waals surface area (Å²) in [6.07, 6.45) is 0.907. The van der Waals surface area contributed by atoms with E-state index in [2.05, 4.69) is 6.92 Å². The molecule has 31 heavy (non-hydrogen) atoms. The second kappa shape index (κ2) is 8.87. The number of fused-ring (bicyclic) bond motifs is 1. The number of phosphoric ester groups is 1. The fourth-order valence-electron chi connectivity index (χ4n) is 3.38. The Morgan fingerprint density at radius 1 is 0.677 bits per heavy atom. The standard InChI is InChI=1S/C26H25O4P/c1-4-21-12-15-24(16-13-21)28-31(27,30-26-19(2)8-7-9-20(26)3)29-25-17-14-22-10-5-6-11-23(22)18-25/h5-18H,4H2,1-3H3. The summed E-state index contributed by atoms with van der Waals surface area (Å²) in [6.45, 7) is 5.88. The van der Waals surface area contributed by atoms with E-state index in [0.717, 1.165) is 33.9 Å². The van der Waals surface area contributed by atoms with Crippen LogP contribution in [0.4, 0.5) is 0 Å². The number of phosphoric acid groups is 1. The van der Waals surface area contributed by atoms with Crippen LogP contribution in [0.2, 0.25) is 0 Å². The van der Waals surface area contributed by atoms with Gasteiger partial charge in [0.1, 0.15) is 17.2 Å². The zero-order chi connectivity index (χ0) is 21.8. The molecule has 0 aliphatic rings. The van der Waals surface area contributed by atoms with Crippen molar-refractivity contribution >= 4 is 18.6 Å². The predicted molar refractivity (Wildman–Crippen MR) is 125 cm³/mol. The lowest BCUT2D eigenvalue weighted by Gasteiger charge is -2.21. The van der Waals surface area contributed by atoms with Crippen LogP contribution in [0, 0.1) is 13.8 Å². The van der Waals surface area contributed by atoms with E-state index in [-0.39, 0.29) is 0 Å². The van der Waals surface area contributed by atoms with Gasteiger partial charge in [-0.1, -0.05) is 67.6 Å². The number of hydrogen-bond donors (Lipinski definition) is 0. The summed E-state index contributed by atoms with van der Waals surface area (Å²) in [5.41, 5.74) is 2.87. The second-order valence-electron chi connectivity index (χ2n) is 7.45. The molecule has 158 valence electrons. The lowest BCUT2D eigenvalue weighted by Crippen LogP contribution is -2.09. The molecular formula is C26H25O4P. The van der Waals surface area contributed by atoms with Crippen molar-refractivity contribution in [3.05, 3.63) is 102 Å². The number of rotatable bonds is 7. The van der Waals surface area contributed by atoms with Gasteiger partial charge in [0.2, 0.25) is 0 Å². The maximum absolute atomic E-state index is 13.8. The van der Waals surface area contributed by atoms with Gasteiger partial charge in [0.25, 0.3) is 0 Å². The van der Waals surface area contributed by atoms with Crippen molar-refractivity contribution in [2.75, 3.05) is 0 Å². The van der Waals surface area contributed by atoms with Crippen molar-refractivity contribution in [3.8, 4) is 17.2 Å². The van der Waals surface area contributed by atoms with Crippen LogP contribution in [0.25, 0.3) is 10.8 Å². The SMILES string of the molecule is CCc1ccc(OP(=O)(Oc2ccc3ccccc3c2)Oc2c(C)cccc2C)cc1. The van der Waals surface area contributed by atoms with Crippen LogP contribution in [0.3, 0.4) is 0 Å². The van der Waals surface area contributed by atoms with Gasteiger partial charge in [-0.2, -0.15) is 4.57 Å². The van der Waals surface area contributed by atoms with Crippen LogP contribution in [0.5, 0.6) is 17.2 Å². The molecule has 0 aliphatic carbocycles. The van der Waals surface area contributed by atoms with E-state index >= 15 is 0 Å². The molecule has 4 rings (SSSR count). The van der Waals surface area contributed by atoms with Crippen LogP contribution in [-0.4, -0.2) is 0 Å². The van der Waals surface area contributed by atoms with Gasteiger partial charge in [-0.05, 0) is 72.0 Å². The highest BCUT2D eigenvalue weighted by molar-refractivity contribution is 7.49. The fraction of sp³-hybridized carbons (Fsp3) is 0.154. The largest absolute Gasteiger partial charge is 0.647 e. The Labute approximate surface area is 183 Å². The summed E-state index contributed by atoms with van der Waals surface area (Å²) in [4.78, 5) is 0. The molecule has 0 radical (unpaired) electrons. The molecule has 4 nitrogen and oxygen atoms in total. The van der Waals surface area contributed by atoms with Crippen molar-refractivity contribution < 1.29 is 18.1 Å². The lowest BCUT2D eigenvalue weighted by atomic mass is 10.1. The molecule has 0 saturated carbocycles. The minimum atomic E-state index is -4.04. The third-order valence-electron chi connectivity index (χ3n) is 5.10. The average molecular weight is 432 g/mol. The van der Waals surface area contributed by atoms with E-state index in [1.165, 1.54) is 0 Å². The van der Waals surface area contributed by atoms with Crippen LogP contribution in [-0.2, 0) is 11.0 Å². The van der Waals surface area contributed by atoms with Crippen molar-refractivity contribution in [1.82, 2.24) is 0 Å². The van der Waals surface area contributed by atoms with E-state index in [1.807, 2.05) is 80.6 Å². The highest BCUT2D eigenvalue weighted by Gasteiger charge is 2.34. The molecule has 0 N–H and O–H groups in total. The van der Waals surface area contributed by atoms with Gasteiger partial charge >= 0.3 is 7.82 Å². The van der Waals surface area contributed by atoms with Gasteiger partial charge in [0.05, 0.1) is 0 Å². The molecule has 4 aromatic carbocycles. The molecule has 0 spiro atoms. The van der Waals surface area contributed by atoms with Crippen molar-refractivity contribution in [2.24, 2.45) is 0 Å². The second-order valence-corrected chi connectivity index (χ2v) is 8.89. The van der Waals surface area contributed by atoms with Gasteiger partial charge in [-0.25, -0.2) is 0 Å². The predicted octanol–water partition coefficient (Wildman–Crippen LogP) is 7.66. The van der Waals surface area contributed by atoms with Crippen molar-refractivity contribution in [2.45, 2.75) is 27.2 Å². The average Bonchev–Trinajstić information content (AvgIpc) is 2.77. The maximum atomic E-state index is 13.8. The molecule has 4 aromatic rings. The molecule has 5 heteroatoms. The Bertz CT molecular complexity index is 1230. The summed E-state index contributed by atoms with van der Waals surface area (Å²) in [7, 11) is -4.04.